The second kappa shape index (κ2) is 9.38. The van der Waals surface area contributed by atoms with E-state index in [1.807, 2.05) is 0 Å². The number of aliphatic carboxylic acids is 1. The molecule has 0 spiro atoms. The highest BCUT2D eigenvalue weighted by Gasteiger charge is 2.35. The van der Waals surface area contributed by atoms with Crippen LogP contribution >= 0.6 is 0 Å². The number of fused-ring (bicyclic) bond motifs is 1. The van der Waals surface area contributed by atoms with Gasteiger partial charge >= 0.3 is 5.97 Å². The molecule has 1 heterocycles. The topological polar surface area (TPSA) is 49.8 Å². The Morgan fingerprint density at radius 2 is 1.80 bits per heavy atom. The molecule has 1 saturated heterocycles. The summed E-state index contributed by atoms with van der Waals surface area (Å²) in [6.07, 6.45) is 9.36. The summed E-state index contributed by atoms with van der Waals surface area (Å²) >= 11 is 0. The van der Waals surface area contributed by atoms with Gasteiger partial charge in [0.1, 0.15) is 5.75 Å². The molecule has 4 rings (SSSR count). The first-order valence-corrected chi connectivity index (χ1v) is 11.7. The molecule has 0 amide bonds. The molecule has 2 aromatic carbocycles. The van der Waals surface area contributed by atoms with E-state index in [1.165, 1.54) is 61.3 Å². The molecular formula is C26H35NO3. The lowest BCUT2D eigenvalue weighted by atomic mass is 9.84. The molecule has 4 heteroatoms. The zero-order chi connectivity index (χ0) is 21.1. The van der Waals surface area contributed by atoms with Gasteiger partial charge in [-0.1, -0.05) is 44.4 Å². The molecule has 0 radical (unpaired) electrons. The van der Waals surface area contributed by atoms with Crippen LogP contribution in [0.4, 0.5) is 0 Å². The third kappa shape index (κ3) is 4.80. The van der Waals surface area contributed by atoms with Gasteiger partial charge in [0.15, 0.2) is 0 Å². The molecule has 2 fully saturated rings. The highest BCUT2D eigenvalue weighted by atomic mass is 16.5. The molecule has 2 aliphatic rings. The molecule has 1 atom stereocenters. The zero-order valence-electron chi connectivity index (χ0n) is 18.3. The van der Waals surface area contributed by atoms with E-state index >= 15 is 0 Å². The number of carboxylic acids is 1. The van der Waals surface area contributed by atoms with Gasteiger partial charge in [0, 0.05) is 19.1 Å². The molecule has 1 aliphatic heterocycles. The van der Waals surface area contributed by atoms with Crippen molar-refractivity contribution in [3.05, 3.63) is 42.0 Å². The van der Waals surface area contributed by atoms with E-state index in [9.17, 15) is 4.79 Å². The van der Waals surface area contributed by atoms with Crippen LogP contribution in [0, 0.1) is 11.8 Å². The number of carbonyl (C=O) groups is 1. The van der Waals surface area contributed by atoms with Crippen molar-refractivity contribution in [3.63, 3.8) is 0 Å². The van der Waals surface area contributed by atoms with Crippen molar-refractivity contribution in [1.82, 2.24) is 4.90 Å². The molecular weight excluding hydrogens is 374 g/mol. The maximum absolute atomic E-state index is 11.1. The normalized spacial score (nSPS) is 23.8. The second-order valence-electron chi connectivity index (χ2n) is 9.34. The van der Waals surface area contributed by atoms with Crippen LogP contribution in [0.1, 0.15) is 70.4 Å². The van der Waals surface area contributed by atoms with Gasteiger partial charge in [0.05, 0.1) is 12.0 Å². The summed E-state index contributed by atoms with van der Waals surface area (Å²) in [4.78, 5) is 13.3. The number of hydrogen-bond acceptors (Lipinski definition) is 3. The fourth-order valence-electron chi connectivity index (χ4n) is 5.00. The molecule has 1 aliphatic carbocycles. The Hall–Kier alpha value is -2.07. The van der Waals surface area contributed by atoms with Crippen LogP contribution in [0.15, 0.2) is 36.4 Å². The van der Waals surface area contributed by atoms with E-state index in [4.69, 9.17) is 9.84 Å². The molecule has 1 saturated carbocycles. The smallest absolute Gasteiger partial charge is 0.309 e. The number of carboxylic acid groups (broad SMARTS) is 1. The SMILES string of the molecule is CCCCC1CCC(Oc2ccc3cc(C(C)N4CC(C(=O)O)C4)ccc3c2)CC1. The van der Waals surface area contributed by atoms with Crippen molar-refractivity contribution < 1.29 is 14.6 Å². The number of hydrogen-bond donors (Lipinski definition) is 1. The van der Waals surface area contributed by atoms with Gasteiger partial charge in [0.25, 0.3) is 0 Å². The Kier molecular flexibility index (Phi) is 6.62. The first-order valence-electron chi connectivity index (χ1n) is 11.7. The quantitative estimate of drug-likeness (QED) is 0.577. The van der Waals surface area contributed by atoms with Crippen molar-refractivity contribution in [2.45, 2.75) is 70.9 Å². The molecule has 30 heavy (non-hydrogen) atoms. The predicted molar refractivity (Wildman–Crippen MR) is 121 cm³/mol. The predicted octanol–water partition coefficient (Wildman–Crippen LogP) is 6.05. The lowest BCUT2D eigenvalue weighted by Crippen LogP contribution is -2.51. The Balaban J connectivity index is 1.35. The molecule has 4 nitrogen and oxygen atoms in total. The maximum Gasteiger partial charge on any atom is 0.309 e. The van der Waals surface area contributed by atoms with Crippen LogP contribution in [-0.4, -0.2) is 35.2 Å². The Bertz CT molecular complexity index is 866. The lowest BCUT2D eigenvalue weighted by Gasteiger charge is -2.41. The van der Waals surface area contributed by atoms with E-state index in [1.54, 1.807) is 0 Å². The van der Waals surface area contributed by atoms with Crippen LogP contribution in [0.25, 0.3) is 10.8 Å². The molecule has 162 valence electrons. The summed E-state index contributed by atoms with van der Waals surface area (Å²) in [7, 11) is 0. The number of rotatable bonds is 8. The minimum atomic E-state index is -0.682. The van der Waals surface area contributed by atoms with Crippen LogP contribution in [0.2, 0.25) is 0 Å². The third-order valence-electron chi connectivity index (χ3n) is 7.19. The summed E-state index contributed by atoms with van der Waals surface area (Å²) < 4.78 is 6.33. The Labute approximate surface area is 180 Å². The molecule has 0 bridgehead atoms. The van der Waals surface area contributed by atoms with Gasteiger partial charge in [-0.05, 0) is 73.1 Å². The summed E-state index contributed by atoms with van der Waals surface area (Å²) in [5.41, 5.74) is 1.24. The van der Waals surface area contributed by atoms with Crippen LogP contribution in [0.5, 0.6) is 5.75 Å². The van der Waals surface area contributed by atoms with Gasteiger partial charge in [-0.15, -0.1) is 0 Å². The first-order chi connectivity index (χ1) is 14.5. The standard InChI is InChI=1S/C26H35NO3/c1-3-4-5-19-6-11-24(12-7-19)30-25-13-10-21-14-20(8-9-22(21)15-25)18(2)27-16-23(17-27)26(28)29/h8-10,13-15,18-19,23-24H,3-7,11-12,16-17H2,1-2H3,(H,28,29). The number of ether oxygens (including phenoxy) is 1. The lowest BCUT2D eigenvalue weighted by molar-refractivity contribution is -0.148. The number of nitrogens with zero attached hydrogens (tertiary/aromatic N) is 1. The second-order valence-corrected chi connectivity index (χ2v) is 9.34. The number of likely N-dealkylation sites (tertiary alicyclic amines) is 1. The number of unbranched alkanes of at least 4 members (excludes halogenated alkanes) is 1. The number of benzene rings is 2. The van der Waals surface area contributed by atoms with E-state index in [0.29, 0.717) is 19.2 Å². The highest BCUT2D eigenvalue weighted by Crippen LogP contribution is 2.33. The monoisotopic (exact) mass is 409 g/mol. The van der Waals surface area contributed by atoms with Crippen molar-refractivity contribution in [2.24, 2.45) is 11.8 Å². The summed E-state index contributed by atoms with van der Waals surface area (Å²) in [5.74, 6) is 0.986. The zero-order valence-corrected chi connectivity index (χ0v) is 18.3. The Morgan fingerprint density at radius 1 is 1.10 bits per heavy atom. The van der Waals surface area contributed by atoms with E-state index in [2.05, 4.69) is 55.1 Å². The molecule has 1 unspecified atom stereocenters. The summed E-state index contributed by atoms with van der Waals surface area (Å²) in [6, 6.07) is 13.2. The average molecular weight is 410 g/mol. The van der Waals surface area contributed by atoms with E-state index in [0.717, 1.165) is 11.7 Å². The first kappa shape index (κ1) is 21.2. The molecule has 0 aromatic heterocycles. The van der Waals surface area contributed by atoms with E-state index in [-0.39, 0.29) is 12.0 Å². The minimum Gasteiger partial charge on any atom is -0.490 e. The van der Waals surface area contributed by atoms with Gasteiger partial charge in [-0.2, -0.15) is 0 Å². The average Bonchev–Trinajstić information content (AvgIpc) is 2.71. The fraction of sp³-hybridized carbons (Fsp3) is 0.577. The Morgan fingerprint density at radius 3 is 2.50 bits per heavy atom. The highest BCUT2D eigenvalue weighted by molar-refractivity contribution is 5.84. The largest absolute Gasteiger partial charge is 0.490 e. The van der Waals surface area contributed by atoms with Crippen molar-refractivity contribution >= 4 is 16.7 Å². The van der Waals surface area contributed by atoms with E-state index < -0.39 is 5.97 Å². The minimum absolute atomic E-state index is 0.214. The van der Waals surface area contributed by atoms with Gasteiger partial charge < -0.3 is 9.84 Å². The van der Waals surface area contributed by atoms with Crippen molar-refractivity contribution in [1.29, 1.82) is 0 Å². The van der Waals surface area contributed by atoms with Crippen LogP contribution in [0.3, 0.4) is 0 Å². The van der Waals surface area contributed by atoms with Gasteiger partial charge in [0.2, 0.25) is 0 Å². The molecule has 1 N–H and O–H groups in total. The third-order valence-corrected chi connectivity index (χ3v) is 7.19. The van der Waals surface area contributed by atoms with Gasteiger partial charge in [-0.25, -0.2) is 0 Å². The van der Waals surface area contributed by atoms with Crippen molar-refractivity contribution in [3.8, 4) is 5.75 Å². The fourth-order valence-corrected chi connectivity index (χ4v) is 5.00. The van der Waals surface area contributed by atoms with Crippen LogP contribution < -0.4 is 4.74 Å². The van der Waals surface area contributed by atoms with Crippen molar-refractivity contribution in [2.75, 3.05) is 13.1 Å². The molecule has 2 aromatic rings. The maximum atomic E-state index is 11.1. The van der Waals surface area contributed by atoms with Gasteiger partial charge in [-0.3, -0.25) is 9.69 Å². The summed E-state index contributed by atoms with van der Waals surface area (Å²) in [5, 5.41) is 11.5. The summed E-state index contributed by atoms with van der Waals surface area (Å²) in [6.45, 7) is 5.72. The van der Waals surface area contributed by atoms with Crippen LogP contribution in [-0.2, 0) is 4.79 Å².